The first kappa shape index (κ1) is 13.8. The highest BCUT2D eigenvalue weighted by Crippen LogP contribution is 2.20. The summed E-state index contributed by atoms with van der Waals surface area (Å²) in [5.74, 6) is 0.0855. The van der Waals surface area contributed by atoms with E-state index in [0.29, 0.717) is 6.54 Å². The predicted molar refractivity (Wildman–Crippen MR) is 77.0 cm³/mol. The van der Waals surface area contributed by atoms with Crippen LogP contribution >= 0.6 is 0 Å². The minimum atomic E-state index is -0.724. The van der Waals surface area contributed by atoms with Gasteiger partial charge in [0.15, 0.2) is 0 Å². The van der Waals surface area contributed by atoms with E-state index in [9.17, 15) is 9.90 Å². The molecule has 0 bridgehead atoms. The van der Waals surface area contributed by atoms with Gasteiger partial charge in [0, 0.05) is 25.1 Å². The van der Waals surface area contributed by atoms with Crippen LogP contribution in [0.2, 0.25) is 0 Å². The molecule has 3 rings (SSSR count). The van der Waals surface area contributed by atoms with Crippen molar-refractivity contribution in [2.24, 2.45) is 0 Å². The van der Waals surface area contributed by atoms with Crippen LogP contribution in [0, 0.1) is 0 Å². The summed E-state index contributed by atoms with van der Waals surface area (Å²) in [4.78, 5) is 21.7. The van der Waals surface area contributed by atoms with E-state index in [0.717, 1.165) is 37.2 Å². The minimum Gasteiger partial charge on any atom is -0.480 e. The van der Waals surface area contributed by atoms with E-state index in [1.807, 2.05) is 34.0 Å². The molecule has 0 aromatic carbocycles. The summed E-state index contributed by atoms with van der Waals surface area (Å²) in [6.07, 6.45) is 9.84. The lowest BCUT2D eigenvalue weighted by Gasteiger charge is -2.32. The maximum Gasteiger partial charge on any atom is 0.320 e. The SMILES string of the molecule is O=C(O)C1CCCCN1Cc1ccc(-n2ccnc2)nc1. The van der Waals surface area contributed by atoms with Gasteiger partial charge in [0.05, 0.1) is 0 Å². The molecular formula is C15H18N4O2. The number of hydrogen-bond donors (Lipinski definition) is 1. The molecule has 1 saturated heterocycles. The number of rotatable bonds is 4. The van der Waals surface area contributed by atoms with E-state index >= 15 is 0 Å². The van der Waals surface area contributed by atoms with Crippen LogP contribution in [0.25, 0.3) is 5.82 Å². The Hall–Kier alpha value is -2.21. The first-order valence-corrected chi connectivity index (χ1v) is 7.14. The number of pyridine rings is 1. The largest absolute Gasteiger partial charge is 0.480 e. The van der Waals surface area contributed by atoms with Crippen molar-refractivity contribution >= 4 is 5.97 Å². The molecule has 6 heteroatoms. The van der Waals surface area contributed by atoms with Crippen molar-refractivity contribution in [2.45, 2.75) is 31.8 Å². The number of aliphatic carboxylic acids is 1. The molecule has 6 nitrogen and oxygen atoms in total. The standard InChI is InChI=1S/C15H18N4O2/c20-15(21)13-3-1-2-7-18(13)10-12-4-5-14(17-9-12)19-8-6-16-11-19/h4-6,8-9,11,13H,1-3,7,10H2,(H,20,21). The second kappa shape index (κ2) is 6.05. The normalized spacial score (nSPS) is 19.5. The van der Waals surface area contributed by atoms with E-state index in [2.05, 4.69) is 9.97 Å². The van der Waals surface area contributed by atoms with Gasteiger partial charge in [0.2, 0.25) is 0 Å². The lowest BCUT2D eigenvalue weighted by Crippen LogP contribution is -2.44. The van der Waals surface area contributed by atoms with Crippen molar-refractivity contribution in [2.75, 3.05) is 6.54 Å². The maximum absolute atomic E-state index is 11.3. The van der Waals surface area contributed by atoms with Crippen LogP contribution in [0.3, 0.4) is 0 Å². The van der Waals surface area contributed by atoms with Crippen LogP contribution < -0.4 is 0 Å². The van der Waals surface area contributed by atoms with Gasteiger partial charge in [0.25, 0.3) is 0 Å². The third-order valence-corrected chi connectivity index (χ3v) is 3.86. The number of hydrogen-bond acceptors (Lipinski definition) is 4. The molecule has 1 N–H and O–H groups in total. The van der Waals surface area contributed by atoms with Crippen molar-refractivity contribution in [1.29, 1.82) is 0 Å². The second-order valence-electron chi connectivity index (χ2n) is 5.31. The summed E-state index contributed by atoms with van der Waals surface area (Å²) in [5, 5.41) is 9.29. The number of nitrogens with zero attached hydrogens (tertiary/aromatic N) is 4. The molecule has 2 aromatic rings. The average Bonchev–Trinajstić information content (AvgIpc) is 3.03. The van der Waals surface area contributed by atoms with Crippen LogP contribution in [0.1, 0.15) is 24.8 Å². The lowest BCUT2D eigenvalue weighted by atomic mass is 10.0. The fourth-order valence-electron chi connectivity index (χ4n) is 2.75. The van der Waals surface area contributed by atoms with Crippen LogP contribution in [-0.4, -0.2) is 43.1 Å². The van der Waals surface area contributed by atoms with Gasteiger partial charge >= 0.3 is 5.97 Å². The minimum absolute atomic E-state index is 0.368. The molecule has 1 atom stereocenters. The van der Waals surface area contributed by atoms with Gasteiger partial charge in [-0.25, -0.2) is 9.97 Å². The quantitative estimate of drug-likeness (QED) is 0.926. The van der Waals surface area contributed by atoms with E-state index < -0.39 is 5.97 Å². The molecule has 1 aliphatic rings. The van der Waals surface area contributed by atoms with Crippen molar-refractivity contribution < 1.29 is 9.90 Å². The van der Waals surface area contributed by atoms with Crippen LogP contribution in [0.4, 0.5) is 0 Å². The molecule has 1 unspecified atom stereocenters. The molecule has 1 fully saturated rings. The zero-order valence-electron chi connectivity index (χ0n) is 11.7. The highest BCUT2D eigenvalue weighted by atomic mass is 16.4. The highest BCUT2D eigenvalue weighted by Gasteiger charge is 2.28. The fourth-order valence-corrected chi connectivity index (χ4v) is 2.75. The molecule has 1 aliphatic heterocycles. The van der Waals surface area contributed by atoms with Gasteiger partial charge < -0.3 is 5.11 Å². The molecule has 110 valence electrons. The molecular weight excluding hydrogens is 268 g/mol. The molecule has 21 heavy (non-hydrogen) atoms. The number of carbonyl (C=O) groups is 1. The number of carboxylic acid groups (broad SMARTS) is 1. The van der Waals surface area contributed by atoms with Crippen molar-refractivity contribution in [3.63, 3.8) is 0 Å². The van der Waals surface area contributed by atoms with Crippen LogP contribution in [0.5, 0.6) is 0 Å². The number of likely N-dealkylation sites (tertiary alicyclic amines) is 1. The molecule has 0 radical (unpaired) electrons. The van der Waals surface area contributed by atoms with Gasteiger partial charge in [-0.15, -0.1) is 0 Å². The first-order chi connectivity index (χ1) is 10.2. The van der Waals surface area contributed by atoms with Crippen molar-refractivity contribution in [3.8, 4) is 5.82 Å². The van der Waals surface area contributed by atoms with Gasteiger partial charge in [-0.05, 0) is 31.0 Å². The fraction of sp³-hybridized carbons (Fsp3) is 0.400. The molecule has 0 aliphatic carbocycles. The highest BCUT2D eigenvalue weighted by molar-refractivity contribution is 5.73. The maximum atomic E-state index is 11.3. The second-order valence-corrected chi connectivity index (χ2v) is 5.31. The van der Waals surface area contributed by atoms with Gasteiger partial charge in [-0.1, -0.05) is 12.5 Å². The third kappa shape index (κ3) is 3.11. The topological polar surface area (TPSA) is 71.2 Å². The smallest absolute Gasteiger partial charge is 0.320 e. The Morgan fingerprint density at radius 3 is 2.95 bits per heavy atom. The van der Waals surface area contributed by atoms with Gasteiger partial charge in [0.1, 0.15) is 18.2 Å². The Bertz CT molecular complexity index is 595. The monoisotopic (exact) mass is 286 g/mol. The summed E-state index contributed by atoms with van der Waals surface area (Å²) >= 11 is 0. The first-order valence-electron chi connectivity index (χ1n) is 7.14. The van der Waals surface area contributed by atoms with Gasteiger partial charge in [-0.3, -0.25) is 14.3 Å². The number of carboxylic acids is 1. The Morgan fingerprint density at radius 1 is 1.38 bits per heavy atom. The van der Waals surface area contributed by atoms with E-state index in [4.69, 9.17) is 0 Å². The van der Waals surface area contributed by atoms with Crippen LogP contribution in [0.15, 0.2) is 37.1 Å². The Balaban J connectivity index is 1.71. The molecule has 0 saturated carbocycles. The van der Waals surface area contributed by atoms with Crippen molar-refractivity contribution in [1.82, 2.24) is 19.4 Å². The molecule has 0 amide bonds. The third-order valence-electron chi connectivity index (χ3n) is 3.86. The zero-order chi connectivity index (χ0) is 14.7. The van der Waals surface area contributed by atoms with Crippen LogP contribution in [-0.2, 0) is 11.3 Å². The Morgan fingerprint density at radius 2 is 2.29 bits per heavy atom. The summed E-state index contributed by atoms with van der Waals surface area (Å²) in [7, 11) is 0. The average molecular weight is 286 g/mol. The molecule has 3 heterocycles. The number of imidazole rings is 1. The van der Waals surface area contributed by atoms with E-state index in [-0.39, 0.29) is 6.04 Å². The summed E-state index contributed by atoms with van der Waals surface area (Å²) in [5.41, 5.74) is 1.03. The zero-order valence-corrected chi connectivity index (χ0v) is 11.7. The van der Waals surface area contributed by atoms with E-state index in [1.54, 1.807) is 12.5 Å². The molecule has 0 spiro atoms. The predicted octanol–water partition coefficient (Wildman–Crippen LogP) is 1.71. The van der Waals surface area contributed by atoms with Gasteiger partial charge in [-0.2, -0.15) is 0 Å². The van der Waals surface area contributed by atoms with E-state index in [1.165, 1.54) is 0 Å². The summed E-state index contributed by atoms with van der Waals surface area (Å²) < 4.78 is 1.84. The lowest BCUT2D eigenvalue weighted by molar-refractivity contribution is -0.144. The summed E-state index contributed by atoms with van der Waals surface area (Å²) in [6, 6.07) is 3.55. The number of piperidine rings is 1. The number of aromatic nitrogens is 3. The summed E-state index contributed by atoms with van der Waals surface area (Å²) in [6.45, 7) is 1.47. The Kier molecular flexibility index (Phi) is 3.96. The molecule has 2 aromatic heterocycles. The Labute approximate surface area is 123 Å². The van der Waals surface area contributed by atoms with Crippen molar-refractivity contribution in [3.05, 3.63) is 42.6 Å².